The lowest BCUT2D eigenvalue weighted by atomic mass is 10.1. The summed E-state index contributed by atoms with van der Waals surface area (Å²) in [6.45, 7) is 7.79. The monoisotopic (exact) mass is 355 g/mol. The Morgan fingerprint density at radius 2 is 1.65 bits per heavy atom. The summed E-state index contributed by atoms with van der Waals surface area (Å²) >= 11 is 0. The van der Waals surface area contributed by atoms with Crippen LogP contribution >= 0.6 is 0 Å². The number of aromatic nitrogens is 1. The molecule has 2 aromatic rings. The fraction of sp³-hybridized carbons (Fsp3) is 0.400. The van der Waals surface area contributed by atoms with Crippen molar-refractivity contribution in [1.29, 1.82) is 0 Å². The van der Waals surface area contributed by atoms with Crippen LogP contribution in [0.3, 0.4) is 0 Å². The molecule has 6 heteroatoms. The van der Waals surface area contributed by atoms with Crippen molar-refractivity contribution in [1.82, 2.24) is 14.4 Å². The molecular formula is C20H25N3O3. The molecule has 0 amide bonds. The fourth-order valence-corrected chi connectivity index (χ4v) is 3.36. The summed E-state index contributed by atoms with van der Waals surface area (Å²) in [4.78, 5) is 28.3. The fourth-order valence-electron chi connectivity index (χ4n) is 3.36. The van der Waals surface area contributed by atoms with Gasteiger partial charge in [0.25, 0.3) is 5.56 Å². The third-order valence-corrected chi connectivity index (χ3v) is 4.96. The Morgan fingerprint density at radius 3 is 2.31 bits per heavy atom. The quantitative estimate of drug-likeness (QED) is 0.854. The van der Waals surface area contributed by atoms with E-state index < -0.39 is 11.5 Å². The van der Waals surface area contributed by atoms with Crippen molar-refractivity contribution in [3.8, 4) is 0 Å². The molecule has 1 aliphatic rings. The number of carboxylic acids is 1. The van der Waals surface area contributed by atoms with E-state index in [9.17, 15) is 14.7 Å². The summed E-state index contributed by atoms with van der Waals surface area (Å²) in [5.74, 6) is -1.16. The Balaban J connectivity index is 1.52. The lowest BCUT2D eigenvalue weighted by Gasteiger charge is -2.34. The Labute approximate surface area is 153 Å². The molecule has 1 saturated heterocycles. The highest BCUT2D eigenvalue weighted by atomic mass is 16.4. The van der Waals surface area contributed by atoms with Gasteiger partial charge in [0.1, 0.15) is 5.56 Å². The minimum Gasteiger partial charge on any atom is -0.477 e. The summed E-state index contributed by atoms with van der Waals surface area (Å²) in [6.07, 6.45) is 1.69. The molecular weight excluding hydrogens is 330 g/mol. The van der Waals surface area contributed by atoms with E-state index in [-0.39, 0.29) is 5.56 Å². The standard InChI is InChI=1S/C20H25N3O3/c1-16-7-8-23(19(24)18(16)20(25)26)14-13-21-9-11-22(12-10-21)15-17-5-3-2-4-6-17/h2-8H,9-15H2,1H3,(H,25,26). The van der Waals surface area contributed by atoms with Gasteiger partial charge in [-0.3, -0.25) is 14.6 Å². The molecule has 1 N–H and O–H groups in total. The van der Waals surface area contributed by atoms with Gasteiger partial charge in [0.2, 0.25) is 0 Å². The summed E-state index contributed by atoms with van der Waals surface area (Å²) in [6, 6.07) is 12.2. The zero-order valence-electron chi connectivity index (χ0n) is 15.1. The Morgan fingerprint density at radius 1 is 1.00 bits per heavy atom. The highest BCUT2D eigenvalue weighted by Crippen LogP contribution is 2.08. The van der Waals surface area contributed by atoms with Gasteiger partial charge in [0.05, 0.1) is 0 Å². The maximum Gasteiger partial charge on any atom is 0.341 e. The molecule has 3 rings (SSSR count). The van der Waals surface area contributed by atoms with Gasteiger partial charge in [-0.05, 0) is 24.1 Å². The van der Waals surface area contributed by atoms with E-state index in [0.717, 1.165) is 39.3 Å². The number of piperazine rings is 1. The van der Waals surface area contributed by atoms with Crippen LogP contribution in [0.15, 0.2) is 47.4 Å². The van der Waals surface area contributed by atoms with E-state index in [0.29, 0.717) is 12.1 Å². The molecule has 138 valence electrons. The molecule has 0 atom stereocenters. The van der Waals surface area contributed by atoms with Gasteiger partial charge < -0.3 is 9.67 Å². The largest absolute Gasteiger partial charge is 0.477 e. The first-order chi connectivity index (χ1) is 12.5. The molecule has 0 spiro atoms. The predicted octanol–water partition coefficient (Wildman–Crippen LogP) is 1.67. The number of hydrogen-bond donors (Lipinski definition) is 1. The minimum atomic E-state index is -1.16. The highest BCUT2D eigenvalue weighted by Gasteiger charge is 2.18. The lowest BCUT2D eigenvalue weighted by Crippen LogP contribution is -2.47. The number of rotatable bonds is 6. The molecule has 0 unspecified atom stereocenters. The second kappa shape index (κ2) is 8.29. The van der Waals surface area contributed by atoms with E-state index in [1.165, 1.54) is 10.1 Å². The van der Waals surface area contributed by atoms with Crippen LogP contribution in [0.2, 0.25) is 0 Å². The summed E-state index contributed by atoms with van der Waals surface area (Å²) in [5, 5.41) is 9.21. The van der Waals surface area contributed by atoms with Crippen LogP contribution in [0.1, 0.15) is 21.5 Å². The zero-order chi connectivity index (χ0) is 18.5. The molecule has 1 aromatic heterocycles. The van der Waals surface area contributed by atoms with E-state index in [2.05, 4.69) is 34.1 Å². The minimum absolute atomic E-state index is 0.125. The van der Waals surface area contributed by atoms with Gasteiger partial charge >= 0.3 is 5.97 Å². The normalized spacial score (nSPS) is 15.9. The molecule has 1 aliphatic heterocycles. The average Bonchev–Trinajstić information content (AvgIpc) is 2.63. The summed E-state index contributed by atoms with van der Waals surface area (Å²) in [7, 11) is 0. The van der Waals surface area contributed by atoms with Crippen LogP contribution < -0.4 is 5.56 Å². The van der Waals surface area contributed by atoms with Crippen LogP contribution in [0.25, 0.3) is 0 Å². The van der Waals surface area contributed by atoms with Crippen LogP contribution in [-0.2, 0) is 13.1 Å². The summed E-state index contributed by atoms with van der Waals surface area (Å²) in [5.41, 5.74) is 1.29. The van der Waals surface area contributed by atoms with Crippen molar-refractivity contribution in [2.75, 3.05) is 32.7 Å². The number of nitrogens with zero attached hydrogens (tertiary/aromatic N) is 3. The Kier molecular flexibility index (Phi) is 5.85. The van der Waals surface area contributed by atoms with Crippen LogP contribution in [-0.4, -0.2) is 58.2 Å². The molecule has 26 heavy (non-hydrogen) atoms. The molecule has 1 fully saturated rings. The van der Waals surface area contributed by atoms with Gasteiger partial charge in [0, 0.05) is 52.0 Å². The van der Waals surface area contributed by atoms with E-state index in [1.54, 1.807) is 19.2 Å². The SMILES string of the molecule is Cc1ccn(CCN2CCN(Cc3ccccc3)CC2)c(=O)c1C(=O)O. The second-order valence-corrected chi connectivity index (χ2v) is 6.78. The number of carbonyl (C=O) groups is 1. The van der Waals surface area contributed by atoms with E-state index >= 15 is 0 Å². The first kappa shape index (κ1) is 18.4. The number of aryl methyl sites for hydroxylation is 1. The topological polar surface area (TPSA) is 65.8 Å². The zero-order valence-corrected chi connectivity index (χ0v) is 15.1. The first-order valence-electron chi connectivity index (χ1n) is 8.96. The second-order valence-electron chi connectivity index (χ2n) is 6.78. The van der Waals surface area contributed by atoms with Crippen molar-refractivity contribution >= 4 is 5.97 Å². The Bertz CT molecular complexity index is 809. The summed E-state index contributed by atoms with van der Waals surface area (Å²) < 4.78 is 1.51. The number of hydrogen-bond acceptors (Lipinski definition) is 4. The molecule has 0 radical (unpaired) electrons. The van der Waals surface area contributed by atoms with Gasteiger partial charge in [-0.1, -0.05) is 30.3 Å². The molecule has 0 bridgehead atoms. The molecule has 2 heterocycles. The van der Waals surface area contributed by atoms with E-state index in [1.807, 2.05) is 6.07 Å². The van der Waals surface area contributed by atoms with Crippen LogP contribution in [0, 0.1) is 6.92 Å². The van der Waals surface area contributed by atoms with Crippen molar-refractivity contribution in [3.63, 3.8) is 0 Å². The number of benzene rings is 1. The van der Waals surface area contributed by atoms with Gasteiger partial charge in [-0.2, -0.15) is 0 Å². The smallest absolute Gasteiger partial charge is 0.341 e. The van der Waals surface area contributed by atoms with Crippen molar-refractivity contribution < 1.29 is 9.90 Å². The molecule has 1 aromatic carbocycles. The van der Waals surface area contributed by atoms with Crippen LogP contribution in [0.4, 0.5) is 0 Å². The van der Waals surface area contributed by atoms with Crippen molar-refractivity contribution in [2.45, 2.75) is 20.0 Å². The van der Waals surface area contributed by atoms with Gasteiger partial charge in [-0.15, -0.1) is 0 Å². The maximum absolute atomic E-state index is 12.3. The first-order valence-corrected chi connectivity index (χ1v) is 8.96. The molecule has 6 nitrogen and oxygen atoms in total. The van der Waals surface area contributed by atoms with Gasteiger partial charge in [-0.25, -0.2) is 4.79 Å². The van der Waals surface area contributed by atoms with Crippen molar-refractivity contribution in [2.24, 2.45) is 0 Å². The molecule has 0 aliphatic carbocycles. The predicted molar refractivity (Wildman–Crippen MR) is 101 cm³/mol. The Hall–Kier alpha value is -2.44. The number of pyridine rings is 1. The third-order valence-electron chi connectivity index (χ3n) is 4.96. The van der Waals surface area contributed by atoms with Crippen molar-refractivity contribution in [3.05, 3.63) is 69.6 Å². The number of carboxylic acid groups (broad SMARTS) is 1. The van der Waals surface area contributed by atoms with E-state index in [4.69, 9.17) is 0 Å². The van der Waals surface area contributed by atoms with Gasteiger partial charge in [0.15, 0.2) is 0 Å². The average molecular weight is 355 g/mol. The van der Waals surface area contributed by atoms with Crippen LogP contribution in [0.5, 0.6) is 0 Å². The third kappa shape index (κ3) is 4.39. The lowest BCUT2D eigenvalue weighted by molar-refractivity contribution is 0.0693. The highest BCUT2D eigenvalue weighted by molar-refractivity contribution is 5.88. The number of aromatic carboxylic acids is 1. The maximum atomic E-state index is 12.3. The molecule has 0 saturated carbocycles.